The maximum Gasteiger partial charge on any atom is 0.128 e. The predicted molar refractivity (Wildman–Crippen MR) is 55.7 cm³/mol. The molecule has 0 radical (unpaired) electrons. The molecule has 0 spiro atoms. The fourth-order valence-corrected chi connectivity index (χ4v) is 1.36. The molecule has 0 unspecified atom stereocenters. The average Bonchev–Trinajstić information content (AvgIpc) is 2.53. The monoisotopic (exact) mass is 237 g/mol. The number of aromatic nitrogens is 2. The highest BCUT2D eigenvalue weighted by Gasteiger charge is 1.97. The summed E-state index contributed by atoms with van der Waals surface area (Å²) in [6.07, 6.45) is 1.88. The molecular weight excluding hydrogens is 230 g/mol. The van der Waals surface area contributed by atoms with Gasteiger partial charge >= 0.3 is 0 Å². The van der Waals surface area contributed by atoms with E-state index < -0.39 is 0 Å². The van der Waals surface area contributed by atoms with Crippen LogP contribution in [-0.2, 0) is 0 Å². The molecule has 0 atom stereocenters. The molecule has 4 heteroatoms. The van der Waals surface area contributed by atoms with Gasteiger partial charge in [-0.05, 0) is 46.3 Å². The van der Waals surface area contributed by atoms with E-state index in [1.807, 2.05) is 36.5 Å². The van der Waals surface area contributed by atoms with Gasteiger partial charge in [0.05, 0.1) is 5.69 Å². The third kappa shape index (κ3) is 1.72. The highest BCUT2D eigenvalue weighted by atomic mass is 79.9. The molecule has 1 aromatic carbocycles. The van der Waals surface area contributed by atoms with Crippen LogP contribution in [0.25, 0.3) is 5.69 Å². The molecule has 0 amide bonds. The number of benzene rings is 1. The largest absolute Gasteiger partial charge is 0.399 e. The summed E-state index contributed by atoms with van der Waals surface area (Å²) in [7, 11) is 0. The number of anilines is 1. The Labute approximate surface area is 84.3 Å². The van der Waals surface area contributed by atoms with E-state index in [0.717, 1.165) is 16.0 Å². The van der Waals surface area contributed by atoms with Crippen LogP contribution in [0, 0.1) is 0 Å². The van der Waals surface area contributed by atoms with Gasteiger partial charge in [-0.2, -0.15) is 5.10 Å². The standard InChI is InChI=1S/C9H8BrN3/c10-9-5-6-13(12-9)8-3-1-7(11)2-4-8/h1-6H,11H2. The lowest BCUT2D eigenvalue weighted by molar-refractivity contribution is 0.870. The van der Waals surface area contributed by atoms with Gasteiger partial charge in [-0.25, -0.2) is 4.68 Å². The first-order valence-corrected chi connectivity index (χ1v) is 4.62. The van der Waals surface area contributed by atoms with Crippen molar-refractivity contribution in [3.05, 3.63) is 41.1 Å². The zero-order chi connectivity index (χ0) is 9.26. The number of nitrogens with zero attached hydrogens (tertiary/aromatic N) is 2. The minimum Gasteiger partial charge on any atom is -0.399 e. The van der Waals surface area contributed by atoms with E-state index in [9.17, 15) is 0 Å². The van der Waals surface area contributed by atoms with Gasteiger partial charge in [-0.15, -0.1) is 0 Å². The van der Waals surface area contributed by atoms with E-state index in [4.69, 9.17) is 5.73 Å². The summed E-state index contributed by atoms with van der Waals surface area (Å²) in [5, 5.41) is 4.20. The molecule has 0 saturated heterocycles. The number of rotatable bonds is 1. The van der Waals surface area contributed by atoms with Crippen LogP contribution >= 0.6 is 15.9 Å². The van der Waals surface area contributed by atoms with Crippen LogP contribution in [0.1, 0.15) is 0 Å². The molecule has 0 saturated carbocycles. The normalized spacial score (nSPS) is 10.2. The summed E-state index contributed by atoms with van der Waals surface area (Å²) in [4.78, 5) is 0. The molecule has 13 heavy (non-hydrogen) atoms. The molecule has 2 aromatic rings. The minimum atomic E-state index is 0.759. The molecule has 1 aromatic heterocycles. The first-order chi connectivity index (χ1) is 6.25. The second-order valence-electron chi connectivity index (χ2n) is 2.67. The predicted octanol–water partition coefficient (Wildman–Crippen LogP) is 2.22. The third-order valence-corrected chi connectivity index (χ3v) is 2.14. The van der Waals surface area contributed by atoms with Crippen molar-refractivity contribution in [1.82, 2.24) is 9.78 Å². The molecular formula is C9H8BrN3. The molecule has 0 aliphatic carbocycles. The maximum atomic E-state index is 5.57. The van der Waals surface area contributed by atoms with Crippen LogP contribution in [0.4, 0.5) is 5.69 Å². The van der Waals surface area contributed by atoms with Crippen LogP contribution in [-0.4, -0.2) is 9.78 Å². The highest BCUT2D eigenvalue weighted by Crippen LogP contribution is 2.12. The zero-order valence-electron chi connectivity index (χ0n) is 6.81. The Kier molecular flexibility index (Phi) is 2.06. The lowest BCUT2D eigenvalue weighted by atomic mass is 10.3. The number of hydrogen-bond acceptors (Lipinski definition) is 2. The molecule has 0 aliphatic heterocycles. The smallest absolute Gasteiger partial charge is 0.128 e. The summed E-state index contributed by atoms with van der Waals surface area (Å²) >= 11 is 3.29. The van der Waals surface area contributed by atoms with Crippen molar-refractivity contribution in [3.63, 3.8) is 0 Å². The van der Waals surface area contributed by atoms with Crippen molar-refractivity contribution in [2.45, 2.75) is 0 Å². The van der Waals surface area contributed by atoms with Gasteiger partial charge < -0.3 is 5.73 Å². The lowest BCUT2D eigenvalue weighted by Gasteiger charge is -2.00. The molecule has 2 rings (SSSR count). The quantitative estimate of drug-likeness (QED) is 0.774. The minimum absolute atomic E-state index is 0.759. The Morgan fingerprint density at radius 2 is 1.85 bits per heavy atom. The molecule has 0 bridgehead atoms. The Morgan fingerprint density at radius 3 is 2.38 bits per heavy atom. The highest BCUT2D eigenvalue weighted by molar-refractivity contribution is 9.10. The van der Waals surface area contributed by atoms with Gasteiger partial charge in [0.15, 0.2) is 0 Å². The average molecular weight is 238 g/mol. The summed E-state index contributed by atoms with van der Waals surface area (Å²) in [5.74, 6) is 0. The third-order valence-electron chi connectivity index (χ3n) is 1.71. The maximum absolute atomic E-state index is 5.57. The van der Waals surface area contributed by atoms with Crippen molar-refractivity contribution < 1.29 is 0 Å². The van der Waals surface area contributed by atoms with Gasteiger partial charge in [0.1, 0.15) is 4.60 Å². The van der Waals surface area contributed by atoms with Crippen molar-refractivity contribution in [3.8, 4) is 5.69 Å². The zero-order valence-corrected chi connectivity index (χ0v) is 8.40. The SMILES string of the molecule is Nc1ccc(-n2ccc(Br)n2)cc1. The molecule has 2 N–H and O–H groups in total. The van der Waals surface area contributed by atoms with Crippen LogP contribution in [0.15, 0.2) is 41.1 Å². The van der Waals surface area contributed by atoms with E-state index in [2.05, 4.69) is 21.0 Å². The number of halogens is 1. The van der Waals surface area contributed by atoms with Crippen LogP contribution in [0.2, 0.25) is 0 Å². The number of nitrogens with two attached hydrogens (primary N) is 1. The van der Waals surface area contributed by atoms with Gasteiger partial charge in [-0.3, -0.25) is 0 Å². The van der Waals surface area contributed by atoms with E-state index in [1.165, 1.54) is 0 Å². The topological polar surface area (TPSA) is 43.8 Å². The fourth-order valence-electron chi connectivity index (χ4n) is 1.07. The summed E-state index contributed by atoms with van der Waals surface area (Å²) in [6.45, 7) is 0. The number of nitrogen functional groups attached to an aromatic ring is 1. The molecule has 1 heterocycles. The van der Waals surface area contributed by atoms with Crippen LogP contribution in [0.5, 0.6) is 0 Å². The molecule has 3 nitrogen and oxygen atoms in total. The summed E-state index contributed by atoms with van der Waals surface area (Å²) in [5.41, 5.74) is 7.33. The van der Waals surface area contributed by atoms with Crippen molar-refractivity contribution in [2.75, 3.05) is 5.73 Å². The van der Waals surface area contributed by atoms with E-state index in [1.54, 1.807) is 4.68 Å². The first-order valence-electron chi connectivity index (χ1n) is 3.83. The van der Waals surface area contributed by atoms with E-state index in [-0.39, 0.29) is 0 Å². The summed E-state index contributed by atoms with van der Waals surface area (Å²) < 4.78 is 2.60. The summed E-state index contributed by atoms with van der Waals surface area (Å²) in [6, 6.07) is 9.44. The van der Waals surface area contributed by atoms with Gasteiger partial charge in [0.25, 0.3) is 0 Å². The Balaban J connectivity index is 2.41. The Bertz CT molecular complexity index is 405. The molecule has 0 fully saturated rings. The second kappa shape index (κ2) is 3.22. The number of hydrogen-bond donors (Lipinski definition) is 1. The van der Waals surface area contributed by atoms with E-state index in [0.29, 0.717) is 0 Å². The van der Waals surface area contributed by atoms with Crippen LogP contribution in [0.3, 0.4) is 0 Å². The fraction of sp³-hybridized carbons (Fsp3) is 0. The molecule has 66 valence electrons. The van der Waals surface area contributed by atoms with Crippen molar-refractivity contribution in [2.24, 2.45) is 0 Å². The lowest BCUT2D eigenvalue weighted by Crippen LogP contribution is -1.94. The second-order valence-corrected chi connectivity index (χ2v) is 3.49. The Morgan fingerprint density at radius 1 is 1.15 bits per heavy atom. The van der Waals surface area contributed by atoms with Gasteiger partial charge in [0, 0.05) is 11.9 Å². The van der Waals surface area contributed by atoms with Crippen molar-refractivity contribution in [1.29, 1.82) is 0 Å². The Hall–Kier alpha value is -1.29. The molecule has 0 aliphatic rings. The first kappa shape index (κ1) is 8.31. The van der Waals surface area contributed by atoms with Gasteiger partial charge in [0.2, 0.25) is 0 Å². The van der Waals surface area contributed by atoms with Crippen LogP contribution < -0.4 is 5.73 Å². The van der Waals surface area contributed by atoms with Crippen molar-refractivity contribution >= 4 is 21.6 Å². The van der Waals surface area contributed by atoms with E-state index >= 15 is 0 Å². The van der Waals surface area contributed by atoms with Gasteiger partial charge in [-0.1, -0.05) is 0 Å².